The molecule has 8 atom stereocenters. The molecule has 3 N–H and O–H groups in total. The summed E-state index contributed by atoms with van der Waals surface area (Å²) in [6.07, 6.45) is 0.948. The van der Waals surface area contributed by atoms with Crippen LogP contribution in [0.1, 0.15) is 45.1 Å². The summed E-state index contributed by atoms with van der Waals surface area (Å²) in [4.78, 5) is 32.0. The van der Waals surface area contributed by atoms with E-state index in [1.807, 2.05) is 0 Å². The van der Waals surface area contributed by atoms with Gasteiger partial charge in [-0.3, -0.25) is 14.4 Å². The number of halogens is 2. The van der Waals surface area contributed by atoms with E-state index in [1.165, 1.54) is 12.2 Å². The smallest absolute Gasteiger partial charge is 0.192 e. The number of phenolic OH excluding ortho intramolecular Hbond substituents is 1. The number of allylic oxidation sites excluding steroid dienone is 4. The van der Waals surface area contributed by atoms with Crippen LogP contribution in [0.15, 0.2) is 47.8 Å². The third-order valence-electron chi connectivity index (χ3n) is 10.6. The number of carbonyl (C=O) groups is 2. The lowest BCUT2D eigenvalue weighted by Crippen LogP contribution is -2.69. The first-order chi connectivity index (χ1) is 17.9. The number of hydrogen-bond donors (Lipinski definition) is 3. The Morgan fingerprint density at radius 2 is 1.92 bits per heavy atom. The van der Waals surface area contributed by atoms with Gasteiger partial charge in [0.1, 0.15) is 18.2 Å². The number of benzene rings is 1. The largest absolute Gasteiger partial charge is 0.508 e. The monoisotopic (exact) mass is 529 g/mol. The summed E-state index contributed by atoms with van der Waals surface area (Å²) >= 11 is 0. The Hall–Kier alpha value is -2.46. The number of aromatic hydroxyl groups is 1. The number of hydroxylamine groups is 2. The first-order valence-corrected chi connectivity index (χ1v) is 13.2. The lowest BCUT2D eigenvalue weighted by Gasteiger charge is -2.62. The molecule has 0 bridgehead atoms. The molecule has 1 heterocycles. The normalized spacial score (nSPS) is 44.0. The summed E-state index contributed by atoms with van der Waals surface area (Å²) in [6, 6.07) is 6.61. The molecule has 0 aromatic heterocycles. The minimum atomic E-state index is -2.23. The molecule has 38 heavy (non-hydrogen) atoms. The van der Waals surface area contributed by atoms with E-state index >= 15 is 8.78 Å². The molecule has 7 nitrogen and oxygen atoms in total. The van der Waals surface area contributed by atoms with Crippen LogP contribution in [0.5, 0.6) is 5.75 Å². The number of aliphatic hydroxyl groups excluding tert-OH is 2. The van der Waals surface area contributed by atoms with Gasteiger partial charge in [0.15, 0.2) is 22.8 Å². The summed E-state index contributed by atoms with van der Waals surface area (Å²) in [5.41, 5.74) is -5.32. The van der Waals surface area contributed by atoms with Crippen LogP contribution in [0, 0.1) is 28.6 Å². The Morgan fingerprint density at radius 3 is 2.61 bits per heavy atom. The maximum Gasteiger partial charge on any atom is 0.192 e. The van der Waals surface area contributed by atoms with E-state index in [0.717, 1.165) is 5.56 Å². The number of alkyl halides is 1. The second kappa shape index (κ2) is 8.27. The zero-order valence-corrected chi connectivity index (χ0v) is 21.5. The van der Waals surface area contributed by atoms with E-state index < -0.39 is 64.2 Å². The number of Topliss-reactive ketones (excluding diaryl/α,β-unsaturated/α-hetero) is 1. The number of rotatable bonds is 4. The fourth-order valence-corrected chi connectivity index (χ4v) is 8.81. The SMILES string of the molecule is C[C@]12C=CC(=O)CC1=C(F)C[C@H]1[C@@H]3C[C@H]4CN(Cc5ccc(O)cc5)O[C@@]4(C(=O)CO)[C@@]3(C)C[C@H](O)[C@@]12F. The highest BCUT2D eigenvalue weighted by Crippen LogP contribution is 2.72. The maximum absolute atomic E-state index is 17.4. The highest BCUT2D eigenvalue weighted by Gasteiger charge is 2.79. The summed E-state index contributed by atoms with van der Waals surface area (Å²) in [5, 5.41) is 32.8. The van der Waals surface area contributed by atoms with Crippen molar-refractivity contribution in [1.82, 2.24) is 5.06 Å². The van der Waals surface area contributed by atoms with Crippen molar-refractivity contribution >= 4 is 11.6 Å². The van der Waals surface area contributed by atoms with Crippen molar-refractivity contribution in [2.24, 2.45) is 28.6 Å². The van der Waals surface area contributed by atoms with Crippen LogP contribution in [0.25, 0.3) is 0 Å². The minimum Gasteiger partial charge on any atom is -0.508 e. The first kappa shape index (κ1) is 25.8. The van der Waals surface area contributed by atoms with Crippen molar-refractivity contribution in [3.8, 4) is 5.75 Å². The van der Waals surface area contributed by atoms with Crippen molar-refractivity contribution in [2.75, 3.05) is 13.2 Å². The van der Waals surface area contributed by atoms with E-state index in [-0.39, 0.29) is 36.4 Å². The molecule has 1 aliphatic heterocycles. The van der Waals surface area contributed by atoms with Gasteiger partial charge >= 0.3 is 0 Å². The summed E-state index contributed by atoms with van der Waals surface area (Å²) < 4.78 is 33.0. The molecule has 2 saturated carbocycles. The molecule has 0 radical (unpaired) electrons. The van der Waals surface area contributed by atoms with E-state index in [0.29, 0.717) is 19.5 Å². The average molecular weight is 530 g/mol. The zero-order valence-electron chi connectivity index (χ0n) is 21.5. The van der Waals surface area contributed by atoms with Crippen LogP contribution >= 0.6 is 0 Å². The molecule has 1 aromatic carbocycles. The van der Waals surface area contributed by atoms with Crippen LogP contribution in [0.4, 0.5) is 8.78 Å². The topological polar surface area (TPSA) is 107 Å². The van der Waals surface area contributed by atoms with E-state index in [1.54, 1.807) is 43.2 Å². The molecule has 3 fully saturated rings. The van der Waals surface area contributed by atoms with Gasteiger partial charge in [0.25, 0.3) is 0 Å². The number of hydrogen-bond acceptors (Lipinski definition) is 7. The minimum absolute atomic E-state index is 0.0991. The van der Waals surface area contributed by atoms with Crippen LogP contribution in [0.2, 0.25) is 0 Å². The van der Waals surface area contributed by atoms with Gasteiger partial charge in [0.05, 0.1) is 6.10 Å². The molecular weight excluding hydrogens is 496 g/mol. The van der Waals surface area contributed by atoms with Crippen molar-refractivity contribution in [1.29, 1.82) is 0 Å². The second-order valence-corrected chi connectivity index (χ2v) is 12.2. The number of nitrogens with zero attached hydrogens (tertiary/aromatic N) is 1. The molecule has 1 aromatic rings. The summed E-state index contributed by atoms with van der Waals surface area (Å²) in [5.74, 6) is -3.05. The Labute approximate surface area is 219 Å². The predicted molar refractivity (Wildman–Crippen MR) is 132 cm³/mol. The van der Waals surface area contributed by atoms with Gasteiger partial charge in [-0.25, -0.2) is 8.78 Å². The third kappa shape index (κ3) is 3.07. The van der Waals surface area contributed by atoms with Gasteiger partial charge in [-0.2, -0.15) is 5.06 Å². The number of fused-ring (bicyclic) bond motifs is 7. The molecule has 0 unspecified atom stereocenters. The molecular formula is C29H33F2NO6. The second-order valence-electron chi connectivity index (χ2n) is 12.2. The molecule has 0 spiro atoms. The summed E-state index contributed by atoms with van der Waals surface area (Å²) in [6.45, 7) is 3.26. The van der Waals surface area contributed by atoms with Gasteiger partial charge in [-0.05, 0) is 55.0 Å². The van der Waals surface area contributed by atoms with Crippen LogP contribution in [-0.2, 0) is 21.0 Å². The Balaban J connectivity index is 1.40. The molecule has 6 rings (SSSR count). The van der Waals surface area contributed by atoms with E-state index in [4.69, 9.17) is 4.84 Å². The average Bonchev–Trinajstić information content (AvgIpc) is 3.35. The van der Waals surface area contributed by atoms with Crippen molar-refractivity contribution in [2.45, 2.75) is 63.4 Å². The van der Waals surface area contributed by atoms with Crippen molar-refractivity contribution in [3.05, 3.63) is 53.4 Å². The molecule has 204 valence electrons. The Bertz CT molecular complexity index is 1260. The molecule has 5 aliphatic rings. The molecule has 4 aliphatic carbocycles. The molecule has 0 amide bonds. The standard InChI is InChI=1S/C29H33F2NO6/c1-26-8-7-19(35)10-22(26)23(30)11-21-20-9-17-14-32(13-16-3-5-18(34)6-4-16)38-29(17,25(37)15-33)27(20,2)12-24(36)28(21,26)31/h3-8,17,20-21,24,33-34,36H,9-15H2,1-2H3/t17-,20-,21-,24-,26-,27-,28-,29-/m0/s1. The first-order valence-electron chi connectivity index (χ1n) is 13.2. The van der Waals surface area contributed by atoms with E-state index in [9.17, 15) is 24.9 Å². The third-order valence-corrected chi connectivity index (χ3v) is 10.6. The number of aliphatic hydroxyl groups is 2. The quantitative estimate of drug-likeness (QED) is 0.549. The predicted octanol–water partition coefficient (Wildman–Crippen LogP) is 3.33. The molecule has 1 saturated heterocycles. The van der Waals surface area contributed by atoms with Gasteiger partial charge in [-0.1, -0.05) is 25.1 Å². The lowest BCUT2D eigenvalue weighted by atomic mass is 9.45. The van der Waals surface area contributed by atoms with Gasteiger partial charge in [-0.15, -0.1) is 0 Å². The molecule has 9 heteroatoms. The van der Waals surface area contributed by atoms with Gasteiger partial charge in [0.2, 0.25) is 0 Å². The Kier molecular flexibility index (Phi) is 5.62. The fraction of sp³-hybridized carbons (Fsp3) is 0.586. The number of ketones is 2. The van der Waals surface area contributed by atoms with Gasteiger partial charge < -0.3 is 15.3 Å². The zero-order chi connectivity index (χ0) is 27.3. The van der Waals surface area contributed by atoms with Crippen LogP contribution in [-0.4, -0.2) is 62.5 Å². The van der Waals surface area contributed by atoms with Gasteiger partial charge in [0, 0.05) is 48.6 Å². The highest BCUT2D eigenvalue weighted by atomic mass is 19.1. The van der Waals surface area contributed by atoms with Crippen molar-refractivity contribution in [3.63, 3.8) is 0 Å². The fourth-order valence-electron chi connectivity index (χ4n) is 8.81. The van der Waals surface area contributed by atoms with E-state index in [2.05, 4.69) is 0 Å². The van der Waals surface area contributed by atoms with Crippen molar-refractivity contribution < 1.29 is 38.5 Å². The summed E-state index contributed by atoms with van der Waals surface area (Å²) in [7, 11) is 0. The number of carbonyl (C=O) groups excluding carboxylic acids is 2. The highest BCUT2D eigenvalue weighted by molar-refractivity contribution is 5.94. The number of phenols is 1. The van der Waals surface area contributed by atoms with Crippen LogP contribution in [0.3, 0.4) is 0 Å². The lowest BCUT2D eigenvalue weighted by molar-refractivity contribution is -0.267. The maximum atomic E-state index is 17.4. The van der Waals surface area contributed by atoms with Crippen LogP contribution < -0.4 is 0 Å². The Morgan fingerprint density at radius 1 is 1.21 bits per heavy atom.